The Morgan fingerprint density at radius 2 is 2.22 bits per heavy atom. The van der Waals surface area contributed by atoms with Gasteiger partial charge in [-0.3, -0.25) is 0 Å². The van der Waals surface area contributed by atoms with Crippen LogP contribution < -0.4 is 10.6 Å². The molecule has 0 bridgehead atoms. The van der Waals surface area contributed by atoms with E-state index in [2.05, 4.69) is 67.0 Å². The van der Waals surface area contributed by atoms with Crippen molar-refractivity contribution in [2.24, 2.45) is 0 Å². The number of hydrogen-bond acceptors (Lipinski definition) is 4. The van der Waals surface area contributed by atoms with Crippen LogP contribution in [0.5, 0.6) is 0 Å². The number of imidazole rings is 1. The predicted molar refractivity (Wildman–Crippen MR) is 102 cm³/mol. The van der Waals surface area contributed by atoms with Crippen LogP contribution in [-0.4, -0.2) is 28.7 Å². The molecule has 1 atom stereocenters. The second-order valence-electron chi connectivity index (χ2n) is 5.76. The van der Waals surface area contributed by atoms with Gasteiger partial charge in [-0.25, -0.2) is 4.98 Å². The molecule has 0 amide bonds. The van der Waals surface area contributed by atoms with Crippen LogP contribution in [0.3, 0.4) is 0 Å². The molecular weight excluding hydrogens is 445 g/mol. The summed E-state index contributed by atoms with van der Waals surface area (Å²) >= 11 is 6.99. The van der Waals surface area contributed by atoms with Crippen LogP contribution >= 0.6 is 44.3 Å². The molecule has 0 saturated carbocycles. The van der Waals surface area contributed by atoms with Crippen LogP contribution in [0, 0.1) is 11.3 Å². The number of nitrogens with zero attached hydrogens (tertiary/aromatic N) is 3. The summed E-state index contributed by atoms with van der Waals surface area (Å²) in [5.41, 5.74) is 2.27. The van der Waals surface area contributed by atoms with Crippen molar-refractivity contribution in [3.63, 3.8) is 0 Å². The SMILES string of the molecule is CC(C)n1c(N[C@H]2CCNC2)nc2c(C#N)c(Br)c(Br)cc21.Cl. The lowest BCUT2D eigenvalue weighted by atomic mass is 10.2. The molecule has 0 radical (unpaired) electrons. The van der Waals surface area contributed by atoms with E-state index in [1.807, 2.05) is 6.07 Å². The van der Waals surface area contributed by atoms with Crippen molar-refractivity contribution in [1.82, 2.24) is 14.9 Å². The first kappa shape index (κ1) is 18.5. The largest absolute Gasteiger partial charge is 0.352 e. The number of rotatable bonds is 3. The lowest BCUT2D eigenvalue weighted by molar-refractivity contribution is 0.615. The number of hydrogen-bond donors (Lipinski definition) is 2. The molecule has 2 N–H and O–H groups in total. The monoisotopic (exact) mass is 461 g/mol. The Bertz CT molecular complexity index is 760. The van der Waals surface area contributed by atoms with Gasteiger partial charge in [0.15, 0.2) is 0 Å². The van der Waals surface area contributed by atoms with Crippen LogP contribution in [0.4, 0.5) is 5.95 Å². The number of halogens is 3. The highest BCUT2D eigenvalue weighted by molar-refractivity contribution is 9.13. The Balaban J connectivity index is 0.00000192. The van der Waals surface area contributed by atoms with Gasteiger partial charge in [0, 0.05) is 23.1 Å². The summed E-state index contributed by atoms with van der Waals surface area (Å²) in [7, 11) is 0. The van der Waals surface area contributed by atoms with E-state index >= 15 is 0 Å². The standard InChI is InChI=1S/C15H17Br2N5.ClH/c1-8(2)22-12-5-11(16)13(17)10(6-18)14(12)21-15(22)20-9-3-4-19-7-9;/h5,8-9,19H,3-4,7H2,1-2H3,(H,20,21);1H/t9-;/m0./s1. The van der Waals surface area contributed by atoms with E-state index in [1.165, 1.54) is 0 Å². The number of nitriles is 1. The molecule has 2 aromatic rings. The second kappa shape index (κ2) is 7.39. The van der Waals surface area contributed by atoms with Crippen molar-refractivity contribution in [2.75, 3.05) is 18.4 Å². The number of benzene rings is 1. The summed E-state index contributed by atoms with van der Waals surface area (Å²) in [5, 5.41) is 16.4. The van der Waals surface area contributed by atoms with Crippen LogP contribution in [-0.2, 0) is 0 Å². The van der Waals surface area contributed by atoms with Crippen molar-refractivity contribution in [3.8, 4) is 6.07 Å². The highest BCUT2D eigenvalue weighted by atomic mass is 79.9. The molecule has 1 fully saturated rings. The summed E-state index contributed by atoms with van der Waals surface area (Å²) in [4.78, 5) is 4.72. The van der Waals surface area contributed by atoms with Gasteiger partial charge in [0.25, 0.3) is 0 Å². The minimum atomic E-state index is 0. The molecule has 0 unspecified atom stereocenters. The van der Waals surface area contributed by atoms with Crippen molar-refractivity contribution in [2.45, 2.75) is 32.4 Å². The average molecular weight is 464 g/mol. The van der Waals surface area contributed by atoms with E-state index in [0.717, 1.165) is 45.4 Å². The fourth-order valence-electron chi connectivity index (χ4n) is 2.86. The van der Waals surface area contributed by atoms with Gasteiger partial charge in [-0.15, -0.1) is 12.4 Å². The van der Waals surface area contributed by atoms with Gasteiger partial charge < -0.3 is 15.2 Å². The molecule has 1 aliphatic rings. The quantitative estimate of drug-likeness (QED) is 0.716. The van der Waals surface area contributed by atoms with E-state index in [-0.39, 0.29) is 18.4 Å². The number of fused-ring (bicyclic) bond motifs is 1. The van der Waals surface area contributed by atoms with E-state index < -0.39 is 0 Å². The van der Waals surface area contributed by atoms with Gasteiger partial charge in [-0.05, 0) is 64.7 Å². The van der Waals surface area contributed by atoms with Gasteiger partial charge >= 0.3 is 0 Å². The normalized spacial score (nSPS) is 17.3. The molecule has 3 rings (SSSR count). The third-order valence-electron chi connectivity index (χ3n) is 3.90. The minimum Gasteiger partial charge on any atom is -0.352 e. The highest BCUT2D eigenvalue weighted by Gasteiger charge is 2.22. The third kappa shape index (κ3) is 3.36. The third-order valence-corrected chi connectivity index (χ3v) is 5.88. The zero-order chi connectivity index (χ0) is 15.9. The van der Waals surface area contributed by atoms with E-state index in [0.29, 0.717) is 11.6 Å². The molecule has 1 aliphatic heterocycles. The molecule has 1 saturated heterocycles. The van der Waals surface area contributed by atoms with Crippen molar-refractivity contribution < 1.29 is 0 Å². The van der Waals surface area contributed by atoms with Crippen LogP contribution in [0.1, 0.15) is 31.9 Å². The molecule has 0 aliphatic carbocycles. The van der Waals surface area contributed by atoms with Crippen LogP contribution in [0.15, 0.2) is 15.0 Å². The van der Waals surface area contributed by atoms with Crippen LogP contribution in [0.2, 0.25) is 0 Å². The second-order valence-corrected chi connectivity index (χ2v) is 7.41. The molecule has 5 nitrogen and oxygen atoms in total. The first-order chi connectivity index (χ1) is 10.5. The van der Waals surface area contributed by atoms with Crippen LogP contribution in [0.25, 0.3) is 11.0 Å². The first-order valence-electron chi connectivity index (χ1n) is 7.30. The van der Waals surface area contributed by atoms with Gasteiger partial charge in [0.1, 0.15) is 11.6 Å². The zero-order valence-corrected chi connectivity index (χ0v) is 16.8. The number of nitrogens with one attached hydrogen (secondary N) is 2. The van der Waals surface area contributed by atoms with Crippen molar-refractivity contribution >= 4 is 61.2 Å². The first-order valence-corrected chi connectivity index (χ1v) is 8.88. The Morgan fingerprint density at radius 3 is 2.78 bits per heavy atom. The van der Waals surface area contributed by atoms with Crippen molar-refractivity contribution in [1.29, 1.82) is 5.26 Å². The fourth-order valence-corrected chi connectivity index (χ4v) is 3.67. The number of anilines is 1. The Labute approximate surface area is 158 Å². The predicted octanol–water partition coefficient (Wildman–Crippen LogP) is 4.21. The Morgan fingerprint density at radius 1 is 1.48 bits per heavy atom. The molecule has 2 heterocycles. The maximum atomic E-state index is 9.48. The molecule has 23 heavy (non-hydrogen) atoms. The van der Waals surface area contributed by atoms with Gasteiger partial charge in [-0.2, -0.15) is 5.26 Å². The summed E-state index contributed by atoms with van der Waals surface area (Å²) in [6.45, 7) is 6.22. The summed E-state index contributed by atoms with van der Waals surface area (Å²) < 4.78 is 3.78. The molecule has 8 heteroatoms. The van der Waals surface area contributed by atoms with Gasteiger partial charge in [-0.1, -0.05) is 0 Å². The maximum Gasteiger partial charge on any atom is 0.204 e. The summed E-state index contributed by atoms with van der Waals surface area (Å²) in [5.74, 6) is 0.834. The maximum absolute atomic E-state index is 9.48. The lowest BCUT2D eigenvalue weighted by Crippen LogP contribution is -2.24. The molecule has 1 aromatic carbocycles. The fraction of sp³-hybridized carbons (Fsp3) is 0.467. The van der Waals surface area contributed by atoms with E-state index in [1.54, 1.807) is 0 Å². The molecule has 0 spiro atoms. The number of aromatic nitrogens is 2. The zero-order valence-electron chi connectivity index (χ0n) is 12.9. The Kier molecular flexibility index (Phi) is 5.95. The summed E-state index contributed by atoms with van der Waals surface area (Å²) in [6, 6.07) is 4.91. The molecule has 1 aromatic heterocycles. The van der Waals surface area contributed by atoms with E-state index in [9.17, 15) is 5.26 Å². The topological polar surface area (TPSA) is 65.7 Å². The smallest absolute Gasteiger partial charge is 0.204 e. The summed E-state index contributed by atoms with van der Waals surface area (Å²) in [6.07, 6.45) is 1.08. The average Bonchev–Trinajstić information content (AvgIpc) is 3.08. The Hall–Kier alpha value is -0.810. The molecular formula is C15H18Br2ClN5. The van der Waals surface area contributed by atoms with Gasteiger partial charge in [0.2, 0.25) is 5.95 Å². The lowest BCUT2D eigenvalue weighted by Gasteiger charge is -2.17. The molecule has 124 valence electrons. The highest BCUT2D eigenvalue weighted by Crippen LogP contribution is 2.36. The minimum absolute atomic E-state index is 0. The van der Waals surface area contributed by atoms with Crippen molar-refractivity contribution in [3.05, 3.63) is 20.6 Å². The van der Waals surface area contributed by atoms with E-state index in [4.69, 9.17) is 4.98 Å². The van der Waals surface area contributed by atoms with Gasteiger partial charge in [0.05, 0.1) is 15.6 Å².